The van der Waals surface area contributed by atoms with Gasteiger partial charge in [0.2, 0.25) is 5.91 Å². The van der Waals surface area contributed by atoms with Gasteiger partial charge in [-0.05, 0) is 123 Å². The zero-order valence-corrected chi connectivity index (χ0v) is 36.1. The maximum atomic E-state index is 13.2. The molecule has 1 saturated heterocycles. The number of unbranched alkanes of at least 4 members (excludes halogenated alkanes) is 9. The monoisotopic (exact) mass is 786 g/mol. The smallest absolute Gasteiger partial charge is 0.222 e. The van der Waals surface area contributed by atoms with Crippen molar-refractivity contribution < 1.29 is 18.7 Å². The van der Waals surface area contributed by atoms with Gasteiger partial charge >= 0.3 is 0 Å². The molecule has 3 aromatic carbocycles. The highest BCUT2D eigenvalue weighted by Crippen LogP contribution is 2.42. The van der Waals surface area contributed by atoms with Crippen molar-refractivity contribution in [3.63, 3.8) is 0 Å². The van der Waals surface area contributed by atoms with Crippen LogP contribution in [0.15, 0.2) is 69.9 Å². The van der Waals surface area contributed by atoms with Crippen LogP contribution in [0.4, 0.5) is 0 Å². The Hall–Kier alpha value is -4.62. The molecule has 0 bridgehead atoms. The minimum atomic E-state index is -0.0359. The largest absolute Gasteiger partial charge is 0.490 e. The van der Waals surface area contributed by atoms with E-state index in [1.54, 1.807) is 6.07 Å². The van der Waals surface area contributed by atoms with E-state index < -0.39 is 0 Å². The Labute approximate surface area is 347 Å². The van der Waals surface area contributed by atoms with Crippen LogP contribution in [0.5, 0.6) is 11.5 Å². The van der Waals surface area contributed by atoms with Crippen molar-refractivity contribution in [3.05, 3.63) is 104 Å². The van der Waals surface area contributed by atoms with Gasteiger partial charge < -0.3 is 18.8 Å². The number of rotatable bonds is 20. The third-order valence-corrected chi connectivity index (χ3v) is 12.1. The standard InChI is InChI=1S/C51H66N2O5/c1-7-8-9-10-11-12-13-14-15-16-23-52-24-26-53(27-25-52)50(55)22-20-41-19-17-36(2)46(33-41)56-28-29-57-47-34-42(21-18-37(47)3)51-43-30-38(4)39(5)32-48(43)58-49-35-45(54)40(6)31-44(49)51/h17-19,21,30-35H,7-16,20,22-29H2,1-6H3. The first kappa shape index (κ1) is 43.0. The maximum Gasteiger partial charge on any atom is 0.222 e. The van der Waals surface area contributed by atoms with Crippen LogP contribution in [0.3, 0.4) is 0 Å². The van der Waals surface area contributed by atoms with Gasteiger partial charge in [-0.3, -0.25) is 14.5 Å². The Morgan fingerprint density at radius 1 is 0.655 bits per heavy atom. The molecule has 0 aromatic heterocycles. The van der Waals surface area contributed by atoms with Crippen molar-refractivity contribution >= 4 is 16.9 Å². The van der Waals surface area contributed by atoms with Crippen molar-refractivity contribution in [3.8, 4) is 33.9 Å². The Morgan fingerprint density at radius 3 is 1.97 bits per heavy atom. The Balaban J connectivity index is 0.974. The van der Waals surface area contributed by atoms with Crippen LogP contribution < -0.4 is 14.9 Å². The van der Waals surface area contributed by atoms with Crippen LogP contribution in [-0.4, -0.2) is 61.6 Å². The number of carbonyl (C=O) groups is 1. The predicted molar refractivity (Wildman–Crippen MR) is 239 cm³/mol. The van der Waals surface area contributed by atoms with Gasteiger partial charge in [-0.2, -0.15) is 0 Å². The molecular formula is C51H66N2O5. The fourth-order valence-electron chi connectivity index (χ4n) is 8.22. The molecule has 2 heterocycles. The predicted octanol–water partition coefficient (Wildman–Crippen LogP) is 11.6. The van der Waals surface area contributed by atoms with Crippen LogP contribution >= 0.6 is 0 Å². The van der Waals surface area contributed by atoms with Crippen LogP contribution in [-0.2, 0) is 11.2 Å². The van der Waals surface area contributed by atoms with Crippen LogP contribution in [0.2, 0.25) is 0 Å². The van der Waals surface area contributed by atoms with E-state index in [0.29, 0.717) is 37.4 Å². The van der Waals surface area contributed by atoms with Gasteiger partial charge in [0.1, 0.15) is 36.1 Å². The summed E-state index contributed by atoms with van der Waals surface area (Å²) in [6.45, 7) is 17.9. The van der Waals surface area contributed by atoms with Gasteiger partial charge in [-0.1, -0.05) is 89.0 Å². The van der Waals surface area contributed by atoms with E-state index >= 15 is 0 Å². The van der Waals surface area contributed by atoms with Gasteiger partial charge in [-0.25, -0.2) is 0 Å². The number of nitrogens with zero attached hydrogens (tertiary/aromatic N) is 2. The molecule has 2 aliphatic heterocycles. The van der Waals surface area contributed by atoms with Crippen molar-refractivity contribution in [2.75, 3.05) is 45.9 Å². The highest BCUT2D eigenvalue weighted by Gasteiger charge is 2.22. The van der Waals surface area contributed by atoms with E-state index in [2.05, 4.69) is 86.0 Å². The van der Waals surface area contributed by atoms with Gasteiger partial charge in [0, 0.05) is 55.2 Å². The minimum absolute atomic E-state index is 0.0359. The van der Waals surface area contributed by atoms with Gasteiger partial charge in [0.25, 0.3) is 0 Å². The van der Waals surface area contributed by atoms with Crippen LogP contribution in [0.25, 0.3) is 33.4 Å². The fourth-order valence-corrected chi connectivity index (χ4v) is 8.22. The van der Waals surface area contributed by atoms with Crippen LogP contribution in [0.1, 0.15) is 111 Å². The summed E-state index contributed by atoms with van der Waals surface area (Å²) < 4.78 is 18.9. The molecule has 6 rings (SSSR count). The van der Waals surface area contributed by atoms with Gasteiger partial charge in [-0.15, -0.1) is 0 Å². The highest BCUT2D eigenvalue weighted by atomic mass is 16.5. The number of benzene rings is 4. The van der Waals surface area contributed by atoms with E-state index in [-0.39, 0.29) is 11.3 Å². The summed E-state index contributed by atoms with van der Waals surface area (Å²) in [4.78, 5) is 30.4. The summed E-state index contributed by atoms with van der Waals surface area (Å²) in [6, 6.07) is 20.3. The number of fused-ring (bicyclic) bond motifs is 2. The number of amides is 1. The second-order valence-electron chi connectivity index (χ2n) is 16.7. The Kier molecular flexibility index (Phi) is 15.5. The number of piperazine rings is 1. The number of ether oxygens (including phenoxy) is 2. The van der Waals surface area contributed by atoms with Crippen molar-refractivity contribution in [1.82, 2.24) is 9.80 Å². The lowest BCUT2D eigenvalue weighted by Crippen LogP contribution is -2.48. The molecule has 7 heteroatoms. The highest BCUT2D eigenvalue weighted by molar-refractivity contribution is 6.02. The average molecular weight is 787 g/mol. The molecule has 3 aromatic rings. The molecule has 58 heavy (non-hydrogen) atoms. The van der Waals surface area contributed by atoms with E-state index in [1.807, 2.05) is 19.9 Å². The topological polar surface area (TPSA) is 72.2 Å². The molecule has 310 valence electrons. The Morgan fingerprint density at radius 2 is 1.28 bits per heavy atom. The lowest BCUT2D eigenvalue weighted by atomic mass is 9.91. The first-order chi connectivity index (χ1) is 28.1. The van der Waals surface area contributed by atoms with E-state index in [9.17, 15) is 9.59 Å². The summed E-state index contributed by atoms with van der Waals surface area (Å²) in [7, 11) is 0. The van der Waals surface area contributed by atoms with E-state index in [0.717, 1.165) is 94.1 Å². The number of carbonyl (C=O) groups excluding carboxylic acids is 1. The molecule has 7 nitrogen and oxygen atoms in total. The quantitative estimate of drug-likeness (QED) is 0.0578. The van der Waals surface area contributed by atoms with Gasteiger partial charge in [0.05, 0.1) is 0 Å². The lowest BCUT2D eigenvalue weighted by molar-refractivity contribution is -0.132. The Bertz CT molecular complexity index is 2160. The molecular weight excluding hydrogens is 721 g/mol. The molecule has 0 atom stereocenters. The van der Waals surface area contributed by atoms with E-state index in [4.69, 9.17) is 13.9 Å². The minimum Gasteiger partial charge on any atom is -0.490 e. The zero-order valence-electron chi connectivity index (χ0n) is 36.1. The van der Waals surface area contributed by atoms with E-state index in [1.165, 1.54) is 69.8 Å². The second-order valence-corrected chi connectivity index (χ2v) is 16.7. The fraction of sp³-hybridized carbons (Fsp3) is 0.490. The number of hydrogen-bond acceptors (Lipinski definition) is 6. The molecule has 1 amide bonds. The maximum absolute atomic E-state index is 13.2. The molecule has 0 unspecified atom stereocenters. The molecule has 0 saturated carbocycles. The average Bonchev–Trinajstić information content (AvgIpc) is 3.21. The summed E-state index contributed by atoms with van der Waals surface area (Å²) in [5.74, 6) is 2.43. The first-order valence-electron chi connectivity index (χ1n) is 22.1. The molecule has 3 aliphatic rings. The molecule has 0 radical (unpaired) electrons. The first-order valence-corrected chi connectivity index (χ1v) is 22.1. The van der Waals surface area contributed by atoms with Crippen molar-refractivity contribution in [2.45, 2.75) is 119 Å². The second kappa shape index (κ2) is 20.9. The summed E-state index contributed by atoms with van der Waals surface area (Å²) in [5.41, 5.74) is 9.83. The summed E-state index contributed by atoms with van der Waals surface area (Å²) >= 11 is 0. The van der Waals surface area contributed by atoms with Crippen molar-refractivity contribution in [1.29, 1.82) is 0 Å². The zero-order chi connectivity index (χ0) is 41.0. The summed E-state index contributed by atoms with van der Waals surface area (Å²) in [6.07, 6.45) is 14.8. The third kappa shape index (κ3) is 11.3. The SMILES string of the molecule is CCCCCCCCCCCCN1CCN(C(=O)CCc2ccc(C)c(OCCOc3cc(-c4c5cc(C)c(=O)cc-5oc5cc(C)c(C)cc45)ccc3C)c2)CC1. The molecule has 1 fully saturated rings. The van der Waals surface area contributed by atoms with Crippen molar-refractivity contribution in [2.24, 2.45) is 0 Å². The van der Waals surface area contributed by atoms with Crippen LogP contribution in [0, 0.1) is 34.6 Å². The molecule has 0 spiro atoms. The molecule has 1 aliphatic carbocycles. The summed E-state index contributed by atoms with van der Waals surface area (Å²) in [5, 5.41) is 1.00. The van der Waals surface area contributed by atoms with Gasteiger partial charge in [0.15, 0.2) is 5.43 Å². The molecule has 0 N–H and O–H groups in total. The lowest BCUT2D eigenvalue weighted by Gasteiger charge is -2.34. The normalized spacial score (nSPS) is 13.4. The number of aryl methyl sites for hydroxylation is 6. The number of hydrogen-bond donors (Lipinski definition) is 0. The third-order valence-electron chi connectivity index (χ3n) is 12.1.